The summed E-state index contributed by atoms with van der Waals surface area (Å²) in [5.41, 5.74) is 2.38. The molecular weight excluding hydrogens is 338 g/mol. The van der Waals surface area contributed by atoms with Crippen LogP contribution in [0.1, 0.15) is 31.1 Å². The van der Waals surface area contributed by atoms with Crippen LogP contribution in [0.2, 0.25) is 0 Å². The van der Waals surface area contributed by atoms with E-state index in [0.717, 1.165) is 6.54 Å². The van der Waals surface area contributed by atoms with Gasteiger partial charge in [-0.25, -0.2) is 8.42 Å². The summed E-state index contributed by atoms with van der Waals surface area (Å²) in [6.45, 7) is 7.85. The number of guanidine groups is 1. The molecule has 0 saturated carbocycles. The van der Waals surface area contributed by atoms with Gasteiger partial charge in [0, 0.05) is 26.4 Å². The summed E-state index contributed by atoms with van der Waals surface area (Å²) >= 11 is 0. The summed E-state index contributed by atoms with van der Waals surface area (Å²) < 4.78 is 28.9. The van der Waals surface area contributed by atoms with Crippen LogP contribution in [0.5, 0.6) is 0 Å². The van der Waals surface area contributed by atoms with Crippen LogP contribution in [0.15, 0.2) is 29.3 Å². The molecule has 0 bridgehead atoms. The summed E-state index contributed by atoms with van der Waals surface area (Å²) in [6.07, 6.45) is 1.25. The van der Waals surface area contributed by atoms with Crippen molar-refractivity contribution in [3.8, 4) is 0 Å². The summed E-state index contributed by atoms with van der Waals surface area (Å²) in [5, 5.41) is 3.21. The average molecular weight is 368 g/mol. The van der Waals surface area contributed by atoms with Crippen LogP contribution in [0.4, 0.5) is 0 Å². The molecule has 2 rings (SSSR count). The highest BCUT2D eigenvalue weighted by Gasteiger charge is 2.31. The molecule has 1 unspecified atom stereocenters. The maximum atomic E-state index is 11.9. The lowest BCUT2D eigenvalue weighted by atomic mass is 10.0. The molecule has 1 saturated heterocycles. The summed E-state index contributed by atoms with van der Waals surface area (Å²) in [6, 6.07) is 8.21. The monoisotopic (exact) mass is 367 g/mol. The Morgan fingerprint density at radius 3 is 2.68 bits per heavy atom. The Morgan fingerprint density at radius 2 is 2.08 bits per heavy atom. The van der Waals surface area contributed by atoms with E-state index < -0.39 is 14.6 Å². The fourth-order valence-corrected chi connectivity index (χ4v) is 3.07. The molecule has 1 aromatic rings. The van der Waals surface area contributed by atoms with E-state index in [1.165, 1.54) is 17.4 Å². The Hall–Kier alpha value is -1.60. The first-order valence-corrected chi connectivity index (χ1v) is 10.4. The Kier molecular flexibility index (Phi) is 6.11. The fraction of sp³-hybridized carbons (Fsp3) is 0.611. The number of ether oxygens (including phenoxy) is 1. The van der Waals surface area contributed by atoms with Crippen molar-refractivity contribution in [2.45, 2.75) is 31.6 Å². The van der Waals surface area contributed by atoms with Crippen LogP contribution in [0, 0.1) is 6.92 Å². The number of sulfone groups is 1. The van der Waals surface area contributed by atoms with E-state index >= 15 is 0 Å². The second kappa shape index (κ2) is 7.74. The van der Waals surface area contributed by atoms with Gasteiger partial charge in [-0.1, -0.05) is 24.3 Å². The first kappa shape index (κ1) is 19.7. The molecular formula is C18H29N3O3S. The predicted molar refractivity (Wildman–Crippen MR) is 102 cm³/mol. The van der Waals surface area contributed by atoms with E-state index in [9.17, 15) is 8.42 Å². The molecule has 1 aliphatic rings. The Labute approximate surface area is 151 Å². The number of morpholine rings is 1. The molecule has 1 atom stereocenters. The zero-order valence-corrected chi connectivity index (χ0v) is 16.6. The summed E-state index contributed by atoms with van der Waals surface area (Å²) in [4.78, 5) is 6.45. The van der Waals surface area contributed by atoms with E-state index in [2.05, 4.69) is 34.3 Å². The van der Waals surface area contributed by atoms with Crippen molar-refractivity contribution in [3.63, 3.8) is 0 Å². The van der Waals surface area contributed by atoms with Gasteiger partial charge in [0.15, 0.2) is 15.8 Å². The first-order valence-electron chi connectivity index (χ1n) is 8.48. The SMILES string of the molecule is CN=C(NCC(C)(C)S(C)(=O)=O)N1CCOC(c2ccccc2C)C1. The molecule has 140 valence electrons. The fourth-order valence-electron chi connectivity index (χ4n) is 2.73. The molecule has 7 heteroatoms. The standard InChI is InChI=1S/C18H29N3O3S/c1-14-8-6-7-9-15(14)16-12-21(10-11-24-16)17(19-4)20-13-18(2,3)25(5,22)23/h6-9,16H,10-13H2,1-5H3,(H,19,20). The van der Waals surface area contributed by atoms with Crippen LogP contribution < -0.4 is 5.32 Å². The highest BCUT2D eigenvalue weighted by atomic mass is 32.2. The Balaban J connectivity index is 2.07. The van der Waals surface area contributed by atoms with Crippen molar-refractivity contribution < 1.29 is 13.2 Å². The first-order chi connectivity index (χ1) is 11.7. The normalized spacial score (nSPS) is 19.8. The third-order valence-corrected chi connectivity index (χ3v) is 6.94. The molecule has 0 aliphatic carbocycles. The maximum Gasteiger partial charge on any atom is 0.193 e. The van der Waals surface area contributed by atoms with Crippen LogP contribution in [0.3, 0.4) is 0 Å². The third-order valence-electron chi connectivity index (χ3n) is 4.79. The second-order valence-corrected chi connectivity index (χ2v) is 9.74. The molecule has 0 radical (unpaired) electrons. The van der Waals surface area contributed by atoms with Crippen molar-refractivity contribution in [2.24, 2.45) is 4.99 Å². The summed E-state index contributed by atoms with van der Waals surface area (Å²) in [5.74, 6) is 0.707. The third kappa shape index (κ3) is 4.73. The molecule has 1 N–H and O–H groups in total. The van der Waals surface area contributed by atoms with Gasteiger partial charge in [-0.3, -0.25) is 4.99 Å². The number of nitrogens with zero attached hydrogens (tertiary/aromatic N) is 2. The van der Waals surface area contributed by atoms with Gasteiger partial charge in [-0.05, 0) is 31.9 Å². The maximum absolute atomic E-state index is 11.9. The molecule has 1 fully saturated rings. The number of hydrogen-bond donors (Lipinski definition) is 1. The smallest absolute Gasteiger partial charge is 0.193 e. The Morgan fingerprint density at radius 1 is 1.40 bits per heavy atom. The number of rotatable bonds is 4. The van der Waals surface area contributed by atoms with Gasteiger partial charge >= 0.3 is 0 Å². The Bertz CT molecular complexity index is 729. The molecule has 0 amide bonds. The van der Waals surface area contributed by atoms with Crippen molar-refractivity contribution in [1.82, 2.24) is 10.2 Å². The minimum atomic E-state index is -3.16. The lowest BCUT2D eigenvalue weighted by Gasteiger charge is -2.36. The minimum Gasteiger partial charge on any atom is -0.370 e. The molecule has 0 spiro atoms. The number of nitrogens with one attached hydrogen (secondary N) is 1. The van der Waals surface area contributed by atoms with Crippen LogP contribution in [-0.4, -0.2) is 63.6 Å². The van der Waals surface area contributed by atoms with E-state index in [0.29, 0.717) is 25.7 Å². The van der Waals surface area contributed by atoms with Crippen molar-refractivity contribution in [2.75, 3.05) is 39.5 Å². The predicted octanol–water partition coefficient (Wildman–Crippen LogP) is 1.77. The van der Waals surface area contributed by atoms with Crippen LogP contribution in [0.25, 0.3) is 0 Å². The molecule has 1 heterocycles. The molecule has 0 aromatic heterocycles. The van der Waals surface area contributed by atoms with E-state index in [-0.39, 0.29) is 6.10 Å². The van der Waals surface area contributed by atoms with Gasteiger partial charge in [0.25, 0.3) is 0 Å². The number of hydrogen-bond acceptors (Lipinski definition) is 4. The highest BCUT2D eigenvalue weighted by Crippen LogP contribution is 2.25. The highest BCUT2D eigenvalue weighted by molar-refractivity contribution is 7.92. The largest absolute Gasteiger partial charge is 0.370 e. The van der Waals surface area contributed by atoms with Crippen LogP contribution in [-0.2, 0) is 14.6 Å². The summed E-state index contributed by atoms with van der Waals surface area (Å²) in [7, 11) is -1.44. The number of benzene rings is 1. The number of aliphatic imine (C=N–C) groups is 1. The lowest BCUT2D eigenvalue weighted by Crippen LogP contribution is -2.52. The van der Waals surface area contributed by atoms with Crippen LogP contribution >= 0.6 is 0 Å². The van der Waals surface area contributed by atoms with E-state index in [1.807, 2.05) is 12.1 Å². The van der Waals surface area contributed by atoms with Crippen molar-refractivity contribution >= 4 is 15.8 Å². The molecule has 1 aromatic carbocycles. The van der Waals surface area contributed by atoms with Gasteiger partial charge in [-0.15, -0.1) is 0 Å². The topological polar surface area (TPSA) is 71.0 Å². The number of aryl methyl sites for hydroxylation is 1. The molecule has 25 heavy (non-hydrogen) atoms. The van der Waals surface area contributed by atoms with Gasteiger partial charge in [0.2, 0.25) is 0 Å². The van der Waals surface area contributed by atoms with Gasteiger partial charge in [0.1, 0.15) is 6.10 Å². The average Bonchev–Trinajstić information content (AvgIpc) is 2.55. The van der Waals surface area contributed by atoms with Crippen molar-refractivity contribution in [1.29, 1.82) is 0 Å². The second-order valence-electron chi connectivity index (χ2n) is 7.09. The quantitative estimate of drug-likeness (QED) is 0.649. The van der Waals surface area contributed by atoms with Gasteiger partial charge in [-0.2, -0.15) is 0 Å². The minimum absolute atomic E-state index is 0.0172. The van der Waals surface area contributed by atoms with E-state index in [1.54, 1.807) is 20.9 Å². The zero-order valence-electron chi connectivity index (χ0n) is 15.7. The zero-order chi connectivity index (χ0) is 18.7. The molecule has 1 aliphatic heterocycles. The van der Waals surface area contributed by atoms with E-state index in [4.69, 9.17) is 4.74 Å². The molecule has 6 nitrogen and oxygen atoms in total. The van der Waals surface area contributed by atoms with Gasteiger partial charge < -0.3 is 15.0 Å². The lowest BCUT2D eigenvalue weighted by molar-refractivity contribution is -0.00833. The van der Waals surface area contributed by atoms with Gasteiger partial charge in [0.05, 0.1) is 17.9 Å². The van der Waals surface area contributed by atoms with Crippen molar-refractivity contribution in [3.05, 3.63) is 35.4 Å².